The van der Waals surface area contributed by atoms with E-state index in [2.05, 4.69) is 30.2 Å². The molecule has 3 N–H and O–H groups in total. The van der Waals surface area contributed by atoms with Gasteiger partial charge in [0, 0.05) is 42.6 Å². The van der Waals surface area contributed by atoms with Crippen LogP contribution in [0, 0.1) is 0 Å². The highest BCUT2D eigenvalue weighted by molar-refractivity contribution is 7.13. The van der Waals surface area contributed by atoms with Crippen molar-refractivity contribution in [2.75, 3.05) is 23.3 Å². The number of carbonyl (C=O) groups excluding carboxylic acids is 1. The van der Waals surface area contributed by atoms with Gasteiger partial charge in [-0.1, -0.05) is 0 Å². The molecule has 9 nitrogen and oxygen atoms in total. The normalized spacial score (nSPS) is 14.8. The molecule has 4 rings (SSSR count). The summed E-state index contributed by atoms with van der Waals surface area (Å²) >= 11 is 1.29. The fraction of sp³-hybridized carbons (Fsp3) is 0.278. The molecule has 0 bridgehead atoms. The molecule has 0 aromatic carbocycles. The van der Waals surface area contributed by atoms with Gasteiger partial charge in [0.25, 0.3) is 5.91 Å². The van der Waals surface area contributed by atoms with Crippen LogP contribution < -0.4 is 15.9 Å². The molecule has 0 atom stereocenters. The summed E-state index contributed by atoms with van der Waals surface area (Å²) in [7, 11) is 0. The first-order valence-electron chi connectivity index (χ1n) is 8.80. The number of hydrogen-bond donors (Lipinski definition) is 3. The number of anilines is 2. The molecule has 4 heterocycles. The number of pyridine rings is 1. The number of aromatic amines is 1. The van der Waals surface area contributed by atoms with E-state index in [4.69, 9.17) is 0 Å². The van der Waals surface area contributed by atoms with Crippen molar-refractivity contribution in [3.63, 3.8) is 0 Å². The van der Waals surface area contributed by atoms with Crippen molar-refractivity contribution in [3.05, 3.63) is 52.3 Å². The number of nitrogens with one attached hydrogen (secondary N) is 2. The molecule has 0 saturated carbocycles. The quantitative estimate of drug-likeness (QED) is 0.608. The van der Waals surface area contributed by atoms with Gasteiger partial charge in [0.15, 0.2) is 5.82 Å². The summed E-state index contributed by atoms with van der Waals surface area (Å²) in [4.78, 5) is 40.7. The predicted molar refractivity (Wildman–Crippen MR) is 106 cm³/mol. The van der Waals surface area contributed by atoms with E-state index >= 15 is 0 Å². The zero-order valence-corrected chi connectivity index (χ0v) is 15.6. The largest absolute Gasteiger partial charge is 0.393 e. The molecule has 1 saturated heterocycles. The van der Waals surface area contributed by atoms with Gasteiger partial charge >= 0.3 is 5.69 Å². The van der Waals surface area contributed by atoms with E-state index < -0.39 is 5.69 Å². The molecule has 1 aliphatic rings. The molecular formula is C18H18N6O3S. The number of piperidine rings is 1. The summed E-state index contributed by atoms with van der Waals surface area (Å²) < 4.78 is 0. The van der Waals surface area contributed by atoms with Crippen LogP contribution in [-0.4, -0.2) is 50.1 Å². The number of nitrogens with zero attached hydrogens (tertiary/aromatic N) is 4. The molecule has 0 spiro atoms. The lowest BCUT2D eigenvalue weighted by molar-refractivity contribution is 0.102. The van der Waals surface area contributed by atoms with Crippen LogP contribution in [0.1, 0.15) is 23.3 Å². The van der Waals surface area contributed by atoms with Gasteiger partial charge in [0.05, 0.1) is 11.8 Å². The smallest absolute Gasteiger partial charge is 0.344 e. The first kappa shape index (κ1) is 18.3. The minimum absolute atomic E-state index is 0.273. The van der Waals surface area contributed by atoms with E-state index in [9.17, 15) is 14.7 Å². The van der Waals surface area contributed by atoms with Crippen LogP contribution in [0.5, 0.6) is 0 Å². The number of aliphatic hydroxyl groups excluding tert-OH is 1. The fourth-order valence-electron chi connectivity index (χ4n) is 2.98. The van der Waals surface area contributed by atoms with Crippen LogP contribution in [0.2, 0.25) is 0 Å². The van der Waals surface area contributed by atoms with Gasteiger partial charge in [0.1, 0.15) is 10.7 Å². The molecular weight excluding hydrogens is 380 g/mol. The number of aliphatic hydroxyl groups is 1. The molecule has 28 heavy (non-hydrogen) atoms. The van der Waals surface area contributed by atoms with Crippen molar-refractivity contribution in [1.82, 2.24) is 19.9 Å². The van der Waals surface area contributed by atoms with Crippen molar-refractivity contribution >= 4 is 28.7 Å². The lowest BCUT2D eigenvalue weighted by atomic mass is 10.1. The highest BCUT2D eigenvalue weighted by Gasteiger charge is 2.21. The molecule has 1 aliphatic heterocycles. The summed E-state index contributed by atoms with van der Waals surface area (Å²) in [6.07, 6.45) is 5.68. The Kier molecular flexibility index (Phi) is 5.13. The minimum Gasteiger partial charge on any atom is -0.393 e. The second-order valence-corrected chi connectivity index (χ2v) is 7.25. The van der Waals surface area contributed by atoms with E-state index in [0.29, 0.717) is 48.0 Å². The lowest BCUT2D eigenvalue weighted by Crippen LogP contribution is -2.36. The van der Waals surface area contributed by atoms with Crippen LogP contribution in [0.3, 0.4) is 0 Å². The second kappa shape index (κ2) is 7.87. The van der Waals surface area contributed by atoms with Crippen LogP contribution in [-0.2, 0) is 0 Å². The zero-order valence-electron chi connectivity index (χ0n) is 14.8. The summed E-state index contributed by atoms with van der Waals surface area (Å²) in [6.45, 7) is 1.36. The highest BCUT2D eigenvalue weighted by Crippen LogP contribution is 2.27. The van der Waals surface area contributed by atoms with Gasteiger partial charge in [-0.25, -0.2) is 19.7 Å². The Morgan fingerprint density at radius 2 is 2.14 bits per heavy atom. The number of rotatable bonds is 4. The molecule has 1 fully saturated rings. The Hall–Kier alpha value is -3.11. The topological polar surface area (TPSA) is 124 Å². The summed E-state index contributed by atoms with van der Waals surface area (Å²) in [6, 6.07) is 3.56. The Labute approximate surface area is 164 Å². The van der Waals surface area contributed by atoms with E-state index in [1.54, 1.807) is 23.7 Å². The van der Waals surface area contributed by atoms with E-state index in [1.807, 2.05) is 0 Å². The first-order valence-corrected chi connectivity index (χ1v) is 9.68. The van der Waals surface area contributed by atoms with Crippen molar-refractivity contribution in [2.24, 2.45) is 0 Å². The molecule has 0 unspecified atom stereocenters. The van der Waals surface area contributed by atoms with E-state index in [0.717, 1.165) is 0 Å². The third kappa shape index (κ3) is 3.92. The third-order valence-electron chi connectivity index (χ3n) is 4.45. The number of amides is 1. The maximum atomic E-state index is 12.7. The SMILES string of the molecule is O=C(Nc1cccnc1N1CCC(O)CC1)c1csc(-c2cnc(=O)[nH]c2)n1. The van der Waals surface area contributed by atoms with Gasteiger partial charge in [-0.05, 0) is 25.0 Å². The molecule has 0 radical (unpaired) electrons. The number of aromatic nitrogens is 4. The minimum atomic E-state index is -0.437. The summed E-state index contributed by atoms with van der Waals surface area (Å²) in [5, 5.41) is 14.8. The van der Waals surface area contributed by atoms with Crippen molar-refractivity contribution in [3.8, 4) is 10.6 Å². The van der Waals surface area contributed by atoms with Gasteiger partial charge in [0.2, 0.25) is 0 Å². The number of hydrogen-bond acceptors (Lipinski definition) is 8. The molecule has 1 amide bonds. The maximum Gasteiger partial charge on any atom is 0.344 e. The molecule has 0 aliphatic carbocycles. The van der Waals surface area contributed by atoms with Crippen molar-refractivity contribution in [2.45, 2.75) is 18.9 Å². The van der Waals surface area contributed by atoms with Crippen LogP contribution >= 0.6 is 11.3 Å². The van der Waals surface area contributed by atoms with Gasteiger partial charge in [-0.15, -0.1) is 11.3 Å². The van der Waals surface area contributed by atoms with Gasteiger partial charge in [-0.3, -0.25) is 4.79 Å². The Morgan fingerprint density at radius 1 is 1.32 bits per heavy atom. The number of carbonyl (C=O) groups is 1. The van der Waals surface area contributed by atoms with Crippen LogP contribution in [0.25, 0.3) is 10.6 Å². The van der Waals surface area contributed by atoms with Gasteiger partial charge < -0.3 is 20.3 Å². The van der Waals surface area contributed by atoms with E-state index in [1.165, 1.54) is 23.7 Å². The Bertz CT molecular complexity index is 1020. The highest BCUT2D eigenvalue weighted by atomic mass is 32.1. The Balaban J connectivity index is 1.51. The first-order chi connectivity index (χ1) is 13.6. The third-order valence-corrected chi connectivity index (χ3v) is 5.35. The fourth-order valence-corrected chi connectivity index (χ4v) is 3.76. The molecule has 10 heteroatoms. The number of H-pyrrole nitrogens is 1. The predicted octanol–water partition coefficient (Wildman–Crippen LogP) is 1.50. The molecule has 3 aromatic rings. The van der Waals surface area contributed by atoms with Gasteiger partial charge in [-0.2, -0.15) is 0 Å². The summed E-state index contributed by atoms with van der Waals surface area (Å²) in [5.74, 6) is 0.342. The van der Waals surface area contributed by atoms with Crippen molar-refractivity contribution < 1.29 is 9.90 Å². The molecule has 144 valence electrons. The maximum absolute atomic E-state index is 12.7. The monoisotopic (exact) mass is 398 g/mol. The lowest BCUT2D eigenvalue weighted by Gasteiger charge is -2.31. The second-order valence-electron chi connectivity index (χ2n) is 6.39. The average molecular weight is 398 g/mol. The van der Waals surface area contributed by atoms with Crippen LogP contribution in [0.15, 0.2) is 40.9 Å². The zero-order chi connectivity index (χ0) is 19.5. The average Bonchev–Trinajstić information content (AvgIpc) is 3.20. The molecule has 3 aromatic heterocycles. The Morgan fingerprint density at radius 3 is 2.89 bits per heavy atom. The number of thiazole rings is 1. The summed E-state index contributed by atoms with van der Waals surface area (Å²) in [5.41, 5.74) is 1.07. The van der Waals surface area contributed by atoms with Crippen molar-refractivity contribution in [1.29, 1.82) is 0 Å². The standard InChI is InChI=1S/C18H18N6O3S/c25-12-3-6-24(7-4-12)15-13(2-1-5-19-15)22-16(26)14-10-28-17(23-14)11-8-20-18(27)21-9-11/h1-2,5,8-10,12,25H,3-4,6-7H2,(H,22,26)(H,20,21,27). The van der Waals surface area contributed by atoms with E-state index in [-0.39, 0.29) is 17.7 Å². The van der Waals surface area contributed by atoms with Crippen LogP contribution in [0.4, 0.5) is 11.5 Å².